The SMILES string of the molecule is Cn1cc(C(C)(C)SS)ccc1=O. The molecule has 0 saturated heterocycles. The molecule has 0 aromatic carbocycles. The molecule has 0 spiro atoms. The monoisotopic (exact) mass is 215 g/mol. The topological polar surface area (TPSA) is 22.0 Å². The largest absolute Gasteiger partial charge is 0.318 e. The lowest BCUT2D eigenvalue weighted by Crippen LogP contribution is -2.19. The lowest BCUT2D eigenvalue weighted by Gasteiger charge is -2.21. The number of rotatable bonds is 2. The molecule has 0 atom stereocenters. The maximum absolute atomic E-state index is 11.1. The summed E-state index contributed by atoms with van der Waals surface area (Å²) in [4.78, 5) is 11.1. The first kappa shape index (κ1) is 10.7. The van der Waals surface area contributed by atoms with Gasteiger partial charge >= 0.3 is 0 Å². The Balaban J connectivity index is 3.18. The third-order valence-electron chi connectivity index (χ3n) is 2.01. The van der Waals surface area contributed by atoms with Crippen molar-refractivity contribution in [3.8, 4) is 0 Å². The minimum atomic E-state index is -0.0609. The highest BCUT2D eigenvalue weighted by atomic mass is 33.1. The summed E-state index contributed by atoms with van der Waals surface area (Å²) < 4.78 is 1.52. The van der Waals surface area contributed by atoms with Gasteiger partial charge in [0.1, 0.15) is 0 Å². The van der Waals surface area contributed by atoms with Gasteiger partial charge in [-0.25, -0.2) is 0 Å². The van der Waals surface area contributed by atoms with Crippen LogP contribution in [0.25, 0.3) is 0 Å². The first-order valence-corrected chi connectivity index (χ1v) is 5.84. The fourth-order valence-corrected chi connectivity index (χ4v) is 1.55. The summed E-state index contributed by atoms with van der Waals surface area (Å²) in [6.45, 7) is 4.15. The molecule has 0 fully saturated rings. The van der Waals surface area contributed by atoms with E-state index >= 15 is 0 Å². The summed E-state index contributed by atoms with van der Waals surface area (Å²) in [6, 6.07) is 3.44. The van der Waals surface area contributed by atoms with Gasteiger partial charge in [-0.1, -0.05) is 16.9 Å². The molecule has 0 N–H and O–H groups in total. The van der Waals surface area contributed by atoms with E-state index in [9.17, 15) is 4.79 Å². The zero-order valence-corrected chi connectivity index (χ0v) is 9.65. The maximum Gasteiger partial charge on any atom is 0.250 e. The Morgan fingerprint density at radius 1 is 1.46 bits per heavy atom. The van der Waals surface area contributed by atoms with Gasteiger partial charge in [0.2, 0.25) is 5.56 Å². The highest BCUT2D eigenvalue weighted by Gasteiger charge is 2.19. The van der Waals surface area contributed by atoms with E-state index in [-0.39, 0.29) is 10.3 Å². The second kappa shape index (κ2) is 3.80. The van der Waals surface area contributed by atoms with Crippen LogP contribution in [-0.4, -0.2) is 4.57 Å². The van der Waals surface area contributed by atoms with Gasteiger partial charge in [0.15, 0.2) is 0 Å². The van der Waals surface area contributed by atoms with E-state index in [1.54, 1.807) is 17.7 Å². The van der Waals surface area contributed by atoms with Crippen LogP contribution in [0.15, 0.2) is 23.1 Å². The Hall–Kier alpha value is -0.350. The second-order valence-electron chi connectivity index (χ2n) is 3.47. The van der Waals surface area contributed by atoms with Crippen LogP contribution in [-0.2, 0) is 11.8 Å². The number of nitrogens with zero attached hydrogens (tertiary/aromatic N) is 1. The van der Waals surface area contributed by atoms with Crippen molar-refractivity contribution >= 4 is 22.5 Å². The first-order valence-electron chi connectivity index (χ1n) is 3.97. The average Bonchev–Trinajstić information content (AvgIpc) is 2.09. The van der Waals surface area contributed by atoms with Crippen LogP contribution in [0.1, 0.15) is 19.4 Å². The smallest absolute Gasteiger partial charge is 0.250 e. The molecule has 72 valence electrons. The van der Waals surface area contributed by atoms with E-state index in [0.717, 1.165) is 5.56 Å². The maximum atomic E-state index is 11.1. The predicted molar refractivity (Wildman–Crippen MR) is 61.3 cm³/mol. The van der Waals surface area contributed by atoms with Crippen LogP contribution in [0.4, 0.5) is 0 Å². The number of aryl methyl sites for hydroxylation is 1. The van der Waals surface area contributed by atoms with Gasteiger partial charge in [-0.2, -0.15) is 0 Å². The van der Waals surface area contributed by atoms with Gasteiger partial charge < -0.3 is 4.57 Å². The first-order chi connectivity index (χ1) is 5.97. The molecule has 0 saturated carbocycles. The van der Waals surface area contributed by atoms with Crippen molar-refractivity contribution in [3.05, 3.63) is 34.2 Å². The van der Waals surface area contributed by atoms with Gasteiger partial charge in [0, 0.05) is 24.1 Å². The molecule has 1 heterocycles. The molecule has 0 aliphatic rings. The third kappa shape index (κ3) is 2.31. The van der Waals surface area contributed by atoms with Crippen LogP contribution in [0.2, 0.25) is 0 Å². The van der Waals surface area contributed by atoms with Crippen molar-refractivity contribution < 1.29 is 0 Å². The van der Waals surface area contributed by atoms with Crippen molar-refractivity contribution in [1.29, 1.82) is 0 Å². The van der Waals surface area contributed by atoms with E-state index < -0.39 is 0 Å². The van der Waals surface area contributed by atoms with Crippen molar-refractivity contribution in [2.45, 2.75) is 18.6 Å². The normalized spacial score (nSPS) is 11.7. The van der Waals surface area contributed by atoms with E-state index in [1.165, 1.54) is 10.8 Å². The molecule has 1 rings (SSSR count). The fraction of sp³-hybridized carbons (Fsp3) is 0.444. The molecular formula is C9H13NOS2. The van der Waals surface area contributed by atoms with Crippen molar-refractivity contribution in [2.24, 2.45) is 7.05 Å². The Bertz CT molecular complexity index is 357. The number of hydrogen-bond donors (Lipinski definition) is 1. The van der Waals surface area contributed by atoms with Gasteiger partial charge in [-0.15, -0.1) is 11.7 Å². The molecule has 0 aliphatic heterocycles. The molecule has 1 aromatic rings. The van der Waals surface area contributed by atoms with Crippen LogP contribution in [0.3, 0.4) is 0 Å². The van der Waals surface area contributed by atoms with Crippen LogP contribution in [0.5, 0.6) is 0 Å². The van der Waals surface area contributed by atoms with E-state index in [4.69, 9.17) is 0 Å². The molecule has 0 unspecified atom stereocenters. The highest BCUT2D eigenvalue weighted by molar-refractivity contribution is 8.68. The summed E-state index contributed by atoms with van der Waals surface area (Å²) >= 11 is 4.20. The van der Waals surface area contributed by atoms with Crippen LogP contribution in [0, 0.1) is 0 Å². The van der Waals surface area contributed by atoms with E-state index in [1.807, 2.05) is 12.3 Å². The van der Waals surface area contributed by atoms with Crippen molar-refractivity contribution in [2.75, 3.05) is 0 Å². The summed E-state index contributed by atoms with van der Waals surface area (Å²) in [5.41, 5.74) is 1.12. The molecule has 4 heteroatoms. The van der Waals surface area contributed by atoms with E-state index in [2.05, 4.69) is 25.5 Å². The fourth-order valence-electron chi connectivity index (χ4n) is 1.00. The lowest BCUT2D eigenvalue weighted by atomic mass is 10.1. The summed E-state index contributed by atoms with van der Waals surface area (Å²) in [5, 5.41) is 0. The molecule has 0 bridgehead atoms. The Labute approximate surface area is 87.2 Å². The minimum absolute atomic E-state index is 0.0173. The molecule has 13 heavy (non-hydrogen) atoms. The molecule has 0 aliphatic carbocycles. The number of hydrogen-bond acceptors (Lipinski definition) is 3. The summed E-state index contributed by atoms with van der Waals surface area (Å²) in [5.74, 6) is 0. The zero-order chi connectivity index (χ0) is 10.1. The van der Waals surface area contributed by atoms with Crippen LogP contribution < -0.4 is 5.56 Å². The molecule has 2 nitrogen and oxygen atoms in total. The van der Waals surface area contributed by atoms with Crippen LogP contribution >= 0.6 is 22.5 Å². The van der Waals surface area contributed by atoms with Crippen molar-refractivity contribution in [3.63, 3.8) is 0 Å². The molecule has 1 aromatic heterocycles. The summed E-state index contributed by atoms with van der Waals surface area (Å²) in [7, 11) is 3.23. The zero-order valence-electron chi connectivity index (χ0n) is 7.94. The molecule has 0 amide bonds. The standard InChI is InChI=1S/C9H13NOS2/c1-9(2,13-12)7-4-5-8(11)10(3)6-7/h4-6,12H,1-3H3. The summed E-state index contributed by atoms with van der Waals surface area (Å²) in [6.07, 6.45) is 1.85. The van der Waals surface area contributed by atoms with E-state index in [0.29, 0.717) is 0 Å². The number of pyridine rings is 1. The van der Waals surface area contributed by atoms with Crippen molar-refractivity contribution in [1.82, 2.24) is 4.57 Å². The second-order valence-corrected chi connectivity index (χ2v) is 5.22. The Morgan fingerprint density at radius 2 is 2.08 bits per heavy atom. The molecular weight excluding hydrogens is 202 g/mol. The quantitative estimate of drug-likeness (QED) is 0.603. The Kier molecular flexibility index (Phi) is 3.14. The number of aromatic nitrogens is 1. The van der Waals surface area contributed by atoms with Gasteiger partial charge in [-0.3, -0.25) is 4.79 Å². The highest BCUT2D eigenvalue weighted by Crippen LogP contribution is 2.37. The van der Waals surface area contributed by atoms with Gasteiger partial charge in [-0.05, 0) is 19.4 Å². The lowest BCUT2D eigenvalue weighted by molar-refractivity contribution is 0.750. The van der Waals surface area contributed by atoms with Gasteiger partial charge in [0.05, 0.1) is 0 Å². The Morgan fingerprint density at radius 3 is 2.54 bits per heavy atom. The average molecular weight is 215 g/mol. The molecule has 0 radical (unpaired) electrons. The van der Waals surface area contributed by atoms with Gasteiger partial charge in [0.25, 0.3) is 0 Å². The predicted octanol–water partition coefficient (Wildman–Crippen LogP) is 2.20. The minimum Gasteiger partial charge on any atom is -0.318 e. The number of thiol groups is 1. The third-order valence-corrected chi connectivity index (χ3v) is 4.07.